The van der Waals surface area contributed by atoms with E-state index in [9.17, 15) is 0 Å². The molecule has 128 valence electrons. The number of hydrogen-bond acceptors (Lipinski definition) is 3. The maximum atomic E-state index is 5.32. The van der Waals surface area contributed by atoms with Crippen LogP contribution < -0.4 is 10.6 Å². The van der Waals surface area contributed by atoms with Crippen LogP contribution >= 0.6 is 12.2 Å². The molecule has 0 saturated heterocycles. The van der Waals surface area contributed by atoms with Gasteiger partial charge >= 0.3 is 0 Å². The zero-order valence-corrected chi connectivity index (χ0v) is 15.2. The molecule has 2 aromatic carbocycles. The van der Waals surface area contributed by atoms with E-state index in [1.54, 1.807) is 11.0 Å². The minimum atomic E-state index is 0.470. The molecule has 0 bridgehead atoms. The molecule has 0 unspecified atom stereocenters. The Balaban J connectivity index is 1.56. The Labute approximate surface area is 153 Å². The molecule has 5 nitrogen and oxygen atoms in total. The van der Waals surface area contributed by atoms with Crippen molar-refractivity contribution in [2.24, 2.45) is 0 Å². The van der Waals surface area contributed by atoms with E-state index in [0.29, 0.717) is 17.6 Å². The monoisotopic (exact) mass is 351 g/mol. The minimum Gasteiger partial charge on any atom is -0.332 e. The molecule has 0 atom stereocenters. The maximum Gasteiger partial charge on any atom is 0.248 e. The first-order valence-electron chi connectivity index (χ1n) is 8.24. The van der Waals surface area contributed by atoms with Crippen LogP contribution in [0.5, 0.6) is 0 Å². The van der Waals surface area contributed by atoms with E-state index >= 15 is 0 Å². The van der Waals surface area contributed by atoms with Crippen LogP contribution in [0.4, 0.5) is 11.6 Å². The van der Waals surface area contributed by atoms with Gasteiger partial charge < -0.3 is 5.32 Å². The van der Waals surface area contributed by atoms with E-state index in [4.69, 9.17) is 12.2 Å². The van der Waals surface area contributed by atoms with Crippen LogP contribution in [0.15, 0.2) is 54.9 Å². The van der Waals surface area contributed by atoms with Gasteiger partial charge in [0.15, 0.2) is 5.11 Å². The van der Waals surface area contributed by atoms with Crippen molar-refractivity contribution in [1.29, 1.82) is 0 Å². The van der Waals surface area contributed by atoms with Gasteiger partial charge in [-0.1, -0.05) is 48.9 Å². The Morgan fingerprint density at radius 3 is 2.36 bits per heavy atom. The number of nitrogens with zero attached hydrogens (tertiary/aromatic N) is 3. The number of rotatable bonds is 5. The summed E-state index contributed by atoms with van der Waals surface area (Å²) in [7, 11) is 0. The Morgan fingerprint density at radius 1 is 1.00 bits per heavy atom. The summed E-state index contributed by atoms with van der Waals surface area (Å²) in [6, 6.07) is 16.6. The van der Waals surface area contributed by atoms with Crippen LogP contribution in [0.25, 0.3) is 0 Å². The predicted molar refractivity (Wildman–Crippen MR) is 106 cm³/mol. The second-order valence-corrected chi connectivity index (χ2v) is 6.29. The van der Waals surface area contributed by atoms with E-state index in [1.807, 2.05) is 12.1 Å². The Morgan fingerprint density at radius 2 is 1.68 bits per heavy atom. The Bertz CT molecular complexity index is 837. The van der Waals surface area contributed by atoms with E-state index in [1.165, 1.54) is 16.7 Å². The minimum absolute atomic E-state index is 0.470. The number of aromatic nitrogens is 3. The fourth-order valence-electron chi connectivity index (χ4n) is 2.40. The summed E-state index contributed by atoms with van der Waals surface area (Å²) in [5, 5.41) is 11.0. The highest BCUT2D eigenvalue weighted by Crippen LogP contribution is 2.11. The largest absolute Gasteiger partial charge is 0.332 e. The number of thiocarbonyl (C=S) groups is 1. The molecule has 3 aromatic rings. The fraction of sp³-hybridized carbons (Fsp3) is 0.211. The first-order valence-corrected chi connectivity index (χ1v) is 8.65. The lowest BCUT2D eigenvalue weighted by Gasteiger charge is -2.08. The topological polar surface area (TPSA) is 54.8 Å². The number of nitrogens with one attached hydrogen (secondary N) is 2. The average molecular weight is 351 g/mol. The second kappa shape index (κ2) is 7.90. The summed E-state index contributed by atoms with van der Waals surface area (Å²) in [5.74, 6) is 0.481. The fourth-order valence-corrected chi connectivity index (χ4v) is 2.61. The molecule has 0 radical (unpaired) electrons. The van der Waals surface area contributed by atoms with Crippen LogP contribution in [-0.2, 0) is 13.0 Å². The summed E-state index contributed by atoms with van der Waals surface area (Å²) in [6.45, 7) is 4.88. The number of hydrogen-bond donors (Lipinski definition) is 2. The molecule has 1 aromatic heterocycles. The van der Waals surface area contributed by atoms with Gasteiger partial charge in [0, 0.05) is 5.69 Å². The van der Waals surface area contributed by atoms with Crippen molar-refractivity contribution in [3.63, 3.8) is 0 Å². The normalized spacial score (nSPS) is 10.5. The van der Waals surface area contributed by atoms with Gasteiger partial charge in [0.25, 0.3) is 0 Å². The third-order valence-electron chi connectivity index (χ3n) is 3.85. The first-order chi connectivity index (χ1) is 12.1. The summed E-state index contributed by atoms with van der Waals surface area (Å²) >= 11 is 5.32. The molecule has 0 aliphatic carbocycles. The van der Waals surface area contributed by atoms with Crippen molar-refractivity contribution in [2.75, 3.05) is 10.6 Å². The third kappa shape index (κ3) is 4.87. The van der Waals surface area contributed by atoms with Gasteiger partial charge in [-0.2, -0.15) is 0 Å². The van der Waals surface area contributed by atoms with Crippen molar-refractivity contribution in [1.82, 2.24) is 14.8 Å². The highest BCUT2D eigenvalue weighted by molar-refractivity contribution is 7.80. The summed E-state index contributed by atoms with van der Waals surface area (Å²) in [5.41, 5.74) is 4.65. The molecule has 0 fully saturated rings. The number of anilines is 2. The summed E-state index contributed by atoms with van der Waals surface area (Å²) in [4.78, 5) is 4.25. The van der Waals surface area contributed by atoms with Gasteiger partial charge in [-0.05, 0) is 48.8 Å². The van der Waals surface area contributed by atoms with Crippen molar-refractivity contribution in [3.8, 4) is 0 Å². The molecule has 25 heavy (non-hydrogen) atoms. The number of benzene rings is 2. The average Bonchev–Trinajstić information content (AvgIpc) is 3.04. The van der Waals surface area contributed by atoms with Crippen molar-refractivity contribution >= 4 is 29.0 Å². The molecular formula is C19H21N5S. The van der Waals surface area contributed by atoms with E-state index < -0.39 is 0 Å². The lowest BCUT2D eigenvalue weighted by molar-refractivity contribution is 0.687. The van der Waals surface area contributed by atoms with Gasteiger partial charge in [0.2, 0.25) is 5.95 Å². The zero-order chi connectivity index (χ0) is 17.6. The van der Waals surface area contributed by atoms with Gasteiger partial charge in [0.05, 0.1) is 6.54 Å². The molecule has 1 heterocycles. The summed E-state index contributed by atoms with van der Waals surface area (Å²) in [6.07, 6.45) is 2.71. The third-order valence-corrected chi connectivity index (χ3v) is 4.05. The van der Waals surface area contributed by atoms with Crippen LogP contribution in [0.3, 0.4) is 0 Å². The van der Waals surface area contributed by atoms with Gasteiger partial charge in [-0.15, -0.1) is 5.10 Å². The quantitative estimate of drug-likeness (QED) is 0.680. The van der Waals surface area contributed by atoms with E-state index in [0.717, 1.165) is 12.1 Å². The molecule has 0 aliphatic rings. The SMILES string of the molecule is CCc1ccc(NC(=S)Nc2ncn(Cc3ccc(C)cc3)n2)cc1. The Hall–Kier alpha value is -2.73. The van der Waals surface area contributed by atoms with E-state index in [-0.39, 0.29) is 0 Å². The zero-order valence-electron chi connectivity index (χ0n) is 14.4. The van der Waals surface area contributed by atoms with Gasteiger partial charge in [0.1, 0.15) is 6.33 Å². The molecule has 0 amide bonds. The highest BCUT2D eigenvalue weighted by atomic mass is 32.1. The van der Waals surface area contributed by atoms with Gasteiger partial charge in [-0.3, -0.25) is 5.32 Å². The number of aryl methyl sites for hydroxylation is 2. The molecule has 6 heteroatoms. The van der Waals surface area contributed by atoms with Crippen LogP contribution in [0.2, 0.25) is 0 Å². The van der Waals surface area contributed by atoms with Gasteiger partial charge in [-0.25, -0.2) is 9.67 Å². The maximum absolute atomic E-state index is 5.32. The van der Waals surface area contributed by atoms with E-state index in [2.05, 4.69) is 71.0 Å². The molecular weight excluding hydrogens is 330 g/mol. The molecule has 3 rings (SSSR count). The second-order valence-electron chi connectivity index (χ2n) is 5.88. The molecule has 0 spiro atoms. The predicted octanol–water partition coefficient (Wildman–Crippen LogP) is 4.01. The lowest BCUT2D eigenvalue weighted by atomic mass is 10.1. The lowest BCUT2D eigenvalue weighted by Crippen LogP contribution is -2.20. The Kier molecular flexibility index (Phi) is 5.40. The van der Waals surface area contributed by atoms with Crippen LogP contribution in [0, 0.1) is 6.92 Å². The van der Waals surface area contributed by atoms with Crippen molar-refractivity contribution in [2.45, 2.75) is 26.8 Å². The first kappa shape index (κ1) is 17.1. The standard InChI is InChI=1S/C19H21N5S/c1-3-15-8-10-17(11-9-15)21-19(25)22-18-20-13-24(23-18)12-16-6-4-14(2)5-7-16/h4-11,13H,3,12H2,1-2H3,(H2,21,22,23,25). The smallest absolute Gasteiger partial charge is 0.248 e. The summed E-state index contributed by atoms with van der Waals surface area (Å²) < 4.78 is 1.78. The highest BCUT2D eigenvalue weighted by Gasteiger charge is 2.04. The van der Waals surface area contributed by atoms with Crippen molar-refractivity contribution in [3.05, 3.63) is 71.5 Å². The molecule has 0 aliphatic heterocycles. The van der Waals surface area contributed by atoms with Crippen LogP contribution in [-0.4, -0.2) is 19.9 Å². The molecule has 2 N–H and O–H groups in total. The van der Waals surface area contributed by atoms with Crippen molar-refractivity contribution < 1.29 is 0 Å². The molecule has 0 saturated carbocycles. The van der Waals surface area contributed by atoms with Crippen LogP contribution in [0.1, 0.15) is 23.6 Å².